The molecule has 0 unspecified atom stereocenters. The van der Waals surface area contributed by atoms with Crippen molar-refractivity contribution in [2.75, 3.05) is 0 Å². The van der Waals surface area contributed by atoms with Crippen LogP contribution in [-0.4, -0.2) is 49.7 Å². The predicted octanol–water partition coefficient (Wildman–Crippen LogP) is 3.93. The monoisotopic (exact) mass is 566 g/mol. The van der Waals surface area contributed by atoms with Gasteiger partial charge in [0.25, 0.3) is 5.91 Å². The van der Waals surface area contributed by atoms with Gasteiger partial charge >= 0.3 is 5.56 Å². The third kappa shape index (κ3) is 4.99. The Hall–Kier alpha value is -4.12. The third-order valence-corrected chi connectivity index (χ3v) is 8.09. The molecule has 0 aliphatic carbocycles. The molecule has 2 amide bonds. The van der Waals surface area contributed by atoms with Crippen molar-refractivity contribution in [3.05, 3.63) is 86.3 Å². The smallest absolute Gasteiger partial charge is 0.307 e. The molecule has 5 rings (SSSR count). The summed E-state index contributed by atoms with van der Waals surface area (Å²) in [4.78, 5) is 40.8. The Morgan fingerprint density at radius 1 is 1.15 bits per heavy atom. The van der Waals surface area contributed by atoms with E-state index in [0.717, 1.165) is 11.6 Å². The predicted molar refractivity (Wildman–Crippen MR) is 146 cm³/mol. The van der Waals surface area contributed by atoms with Gasteiger partial charge in [0.1, 0.15) is 11.9 Å². The van der Waals surface area contributed by atoms with E-state index in [4.69, 9.17) is 4.74 Å². The van der Waals surface area contributed by atoms with Crippen LogP contribution in [0, 0.1) is 32.4 Å². The molecule has 1 aromatic heterocycles. The van der Waals surface area contributed by atoms with Gasteiger partial charge in [-0.15, -0.1) is 0 Å². The van der Waals surface area contributed by atoms with Gasteiger partial charge < -0.3 is 20.1 Å². The summed E-state index contributed by atoms with van der Waals surface area (Å²) >= 11 is 0. The number of hydrogen-bond acceptors (Lipinski definition) is 6. The Morgan fingerprint density at radius 3 is 2.54 bits per heavy atom. The molecule has 2 fully saturated rings. The number of carbonyl (C=O) groups excluding carboxylic acids is 2. The van der Waals surface area contributed by atoms with Crippen molar-refractivity contribution in [1.29, 1.82) is 0 Å². The third-order valence-electron chi connectivity index (χ3n) is 8.09. The molecule has 2 saturated heterocycles. The number of aromatic amines is 1. The van der Waals surface area contributed by atoms with Crippen LogP contribution in [0.15, 0.2) is 41.2 Å². The summed E-state index contributed by atoms with van der Waals surface area (Å²) in [6.45, 7) is 8.23. The van der Waals surface area contributed by atoms with Crippen molar-refractivity contribution < 1.29 is 28.2 Å². The molecule has 41 heavy (non-hydrogen) atoms. The highest BCUT2D eigenvalue weighted by Gasteiger charge is 2.61. The van der Waals surface area contributed by atoms with E-state index < -0.39 is 46.3 Å². The maximum absolute atomic E-state index is 15.1. The Balaban J connectivity index is 1.43. The second-order valence-corrected chi connectivity index (χ2v) is 11.5. The number of aliphatic hydroxyl groups is 1. The van der Waals surface area contributed by atoms with E-state index in [1.807, 2.05) is 0 Å². The van der Waals surface area contributed by atoms with Crippen LogP contribution in [0.5, 0.6) is 11.5 Å². The average Bonchev–Trinajstić information content (AvgIpc) is 3.38. The zero-order chi connectivity index (χ0) is 29.9. The van der Waals surface area contributed by atoms with Gasteiger partial charge in [-0.2, -0.15) is 5.10 Å². The zero-order valence-corrected chi connectivity index (χ0v) is 23.5. The largest absolute Gasteiger partial charge is 0.448 e. The lowest BCUT2D eigenvalue weighted by Gasteiger charge is -2.40. The summed E-state index contributed by atoms with van der Waals surface area (Å²) in [7, 11) is 0. The van der Waals surface area contributed by atoms with Crippen LogP contribution < -0.4 is 15.6 Å². The fraction of sp³-hybridized carbons (Fsp3) is 0.400. The van der Waals surface area contributed by atoms with Crippen LogP contribution in [-0.2, 0) is 10.3 Å². The first-order valence-electron chi connectivity index (χ1n) is 13.4. The number of halogens is 2. The quantitative estimate of drug-likeness (QED) is 0.416. The second-order valence-electron chi connectivity index (χ2n) is 11.5. The number of amides is 2. The Kier molecular flexibility index (Phi) is 6.97. The van der Waals surface area contributed by atoms with Crippen molar-refractivity contribution in [1.82, 2.24) is 20.4 Å². The second kappa shape index (κ2) is 10.1. The molecule has 2 aromatic carbocycles. The van der Waals surface area contributed by atoms with Gasteiger partial charge in [-0.25, -0.2) is 13.9 Å². The van der Waals surface area contributed by atoms with E-state index in [0.29, 0.717) is 24.1 Å². The van der Waals surface area contributed by atoms with Crippen molar-refractivity contribution in [2.24, 2.45) is 0 Å². The molecule has 3 aromatic rings. The first-order valence-corrected chi connectivity index (χ1v) is 13.4. The summed E-state index contributed by atoms with van der Waals surface area (Å²) in [6, 6.07) is 6.72. The SMILES string of the molecule is Cc1cc(Oc2c(C)cc(C(=O)N[C@H]3C[C@@]4(c5ccc(F)cc5C)CC[C@H](C(C)(C)O)N4C3=O)cc2F)c(=O)[nH]n1. The van der Waals surface area contributed by atoms with Gasteiger partial charge in [-0.1, -0.05) is 6.07 Å². The fourth-order valence-electron chi connectivity index (χ4n) is 6.29. The minimum Gasteiger partial charge on any atom is -0.448 e. The first-order chi connectivity index (χ1) is 19.2. The molecular formula is C30H32F2N4O5. The summed E-state index contributed by atoms with van der Waals surface area (Å²) < 4.78 is 34.6. The standard InChI is InChI=1S/C30H32F2N4O5/c1-15-11-19(31)6-7-20(15)30-9-8-24(29(4,5)40)36(30)28(39)22(14-30)33-26(37)18-10-16(2)25(21(32)13-18)41-23-12-17(3)34-35-27(23)38/h6-7,10-13,22,24,40H,8-9,14H2,1-5H3,(H,33,37)(H,35,38)/t22-,24+,30+/m0/s1. The van der Waals surface area contributed by atoms with Crippen molar-refractivity contribution >= 4 is 11.8 Å². The number of aromatic nitrogens is 2. The van der Waals surface area contributed by atoms with Crippen LogP contribution in [0.2, 0.25) is 0 Å². The summed E-state index contributed by atoms with van der Waals surface area (Å²) in [5.41, 5.74) is -0.548. The Bertz CT molecular complexity index is 1590. The van der Waals surface area contributed by atoms with Gasteiger partial charge in [0.15, 0.2) is 17.3 Å². The van der Waals surface area contributed by atoms with Gasteiger partial charge in [0, 0.05) is 18.1 Å². The summed E-state index contributed by atoms with van der Waals surface area (Å²) in [5, 5.41) is 19.7. The maximum atomic E-state index is 15.1. The number of hydrogen-bond donors (Lipinski definition) is 3. The van der Waals surface area contributed by atoms with Crippen LogP contribution in [0.3, 0.4) is 0 Å². The average molecular weight is 567 g/mol. The molecule has 0 radical (unpaired) electrons. The molecule has 0 bridgehead atoms. The number of H-pyrrole nitrogens is 1. The number of aryl methyl sites for hydroxylation is 3. The summed E-state index contributed by atoms with van der Waals surface area (Å²) in [6.07, 6.45) is 1.28. The van der Waals surface area contributed by atoms with Crippen molar-refractivity contribution in [3.63, 3.8) is 0 Å². The van der Waals surface area contributed by atoms with Crippen LogP contribution in [0.1, 0.15) is 65.9 Å². The molecule has 0 spiro atoms. The number of benzene rings is 2. The lowest BCUT2D eigenvalue weighted by Crippen LogP contribution is -2.53. The highest BCUT2D eigenvalue weighted by molar-refractivity contribution is 5.99. The first kappa shape index (κ1) is 28.4. The molecule has 3 N–H and O–H groups in total. The molecule has 3 heterocycles. The molecular weight excluding hydrogens is 534 g/mol. The zero-order valence-electron chi connectivity index (χ0n) is 23.5. The Labute approximate surface area is 235 Å². The van der Waals surface area contributed by atoms with E-state index in [9.17, 15) is 23.9 Å². The van der Waals surface area contributed by atoms with E-state index in [1.54, 1.807) is 38.7 Å². The van der Waals surface area contributed by atoms with Crippen LogP contribution in [0.25, 0.3) is 0 Å². The number of nitrogens with zero attached hydrogens (tertiary/aromatic N) is 2. The van der Waals surface area contributed by atoms with Crippen molar-refractivity contribution in [2.45, 2.75) is 77.1 Å². The normalized spacial score (nSPS) is 22.1. The molecule has 2 aliphatic rings. The number of carbonyl (C=O) groups is 2. The Morgan fingerprint density at radius 2 is 1.88 bits per heavy atom. The summed E-state index contributed by atoms with van der Waals surface area (Å²) in [5.74, 6) is -2.64. The molecule has 9 nitrogen and oxygen atoms in total. The number of fused-ring (bicyclic) bond motifs is 1. The molecule has 216 valence electrons. The van der Waals surface area contributed by atoms with Gasteiger partial charge in [-0.3, -0.25) is 14.4 Å². The van der Waals surface area contributed by atoms with Gasteiger partial charge in [-0.05, 0) is 88.4 Å². The topological polar surface area (TPSA) is 125 Å². The van der Waals surface area contributed by atoms with Gasteiger partial charge in [0.2, 0.25) is 5.91 Å². The lowest BCUT2D eigenvalue weighted by molar-refractivity contribution is -0.138. The minimum atomic E-state index is -1.21. The van der Waals surface area contributed by atoms with E-state index in [2.05, 4.69) is 15.5 Å². The van der Waals surface area contributed by atoms with Crippen LogP contribution >= 0.6 is 0 Å². The minimum absolute atomic E-state index is 0.0296. The highest BCUT2D eigenvalue weighted by atomic mass is 19.1. The molecule has 11 heteroatoms. The lowest BCUT2D eigenvalue weighted by atomic mass is 9.82. The number of ether oxygens (including phenoxy) is 1. The van der Waals surface area contributed by atoms with E-state index in [-0.39, 0.29) is 35.0 Å². The molecule has 0 saturated carbocycles. The van der Waals surface area contributed by atoms with Gasteiger partial charge in [0.05, 0.1) is 22.9 Å². The fourth-order valence-corrected chi connectivity index (χ4v) is 6.29. The number of nitrogens with one attached hydrogen (secondary N) is 2. The molecule has 3 atom stereocenters. The van der Waals surface area contributed by atoms with Crippen molar-refractivity contribution in [3.8, 4) is 11.5 Å². The van der Waals surface area contributed by atoms with E-state index in [1.165, 1.54) is 31.2 Å². The molecule has 2 aliphatic heterocycles. The maximum Gasteiger partial charge on any atom is 0.307 e. The van der Waals surface area contributed by atoms with E-state index >= 15 is 4.39 Å². The highest BCUT2D eigenvalue weighted by Crippen LogP contribution is 2.53. The number of rotatable bonds is 6. The van der Waals surface area contributed by atoms with Crippen LogP contribution in [0.4, 0.5) is 8.78 Å².